The number of halogens is 2. The third-order valence-corrected chi connectivity index (χ3v) is 6.99. The van der Waals surface area contributed by atoms with E-state index >= 15 is 0 Å². The Morgan fingerprint density at radius 1 is 1.04 bits per heavy atom. The number of amides is 1. The van der Waals surface area contributed by atoms with Crippen molar-refractivity contribution in [3.05, 3.63) is 64.1 Å². The molecule has 1 aliphatic rings. The summed E-state index contributed by atoms with van der Waals surface area (Å²) in [5.74, 6) is -0.204. The van der Waals surface area contributed by atoms with Crippen LogP contribution in [-0.2, 0) is 21.4 Å². The molecule has 8 heteroatoms. The van der Waals surface area contributed by atoms with Crippen molar-refractivity contribution in [1.82, 2.24) is 9.21 Å². The van der Waals surface area contributed by atoms with Crippen molar-refractivity contribution < 1.29 is 13.2 Å². The number of likely N-dealkylation sites (tertiary alicyclic amines) is 1. The third kappa shape index (κ3) is 4.82. The van der Waals surface area contributed by atoms with E-state index in [1.807, 2.05) is 30.3 Å². The van der Waals surface area contributed by atoms with E-state index in [0.717, 1.165) is 18.4 Å². The summed E-state index contributed by atoms with van der Waals surface area (Å²) in [7, 11) is -4.01. The molecule has 3 rings (SSSR count). The Bertz CT molecular complexity index is 914. The summed E-state index contributed by atoms with van der Waals surface area (Å²) in [6, 6.07) is 13.4. The van der Waals surface area contributed by atoms with Gasteiger partial charge in [0, 0.05) is 24.7 Å². The first-order valence-corrected chi connectivity index (χ1v) is 10.8. The van der Waals surface area contributed by atoms with E-state index in [0.29, 0.717) is 13.1 Å². The van der Waals surface area contributed by atoms with Crippen LogP contribution in [0.3, 0.4) is 0 Å². The van der Waals surface area contributed by atoms with Crippen LogP contribution in [0.25, 0.3) is 0 Å². The zero-order valence-electron chi connectivity index (χ0n) is 14.6. The Morgan fingerprint density at radius 3 is 2.37 bits per heavy atom. The van der Waals surface area contributed by atoms with Crippen molar-refractivity contribution in [2.75, 3.05) is 19.6 Å². The highest BCUT2D eigenvalue weighted by atomic mass is 35.5. The van der Waals surface area contributed by atoms with Crippen LogP contribution in [0.5, 0.6) is 0 Å². The maximum absolute atomic E-state index is 13.3. The average molecular weight is 427 g/mol. The van der Waals surface area contributed by atoms with Gasteiger partial charge in [0.1, 0.15) is 4.90 Å². The molecule has 1 heterocycles. The number of nitrogens with zero attached hydrogens (tertiary/aromatic N) is 2. The van der Waals surface area contributed by atoms with E-state index in [9.17, 15) is 13.2 Å². The Hall–Kier alpha value is -1.60. The summed E-state index contributed by atoms with van der Waals surface area (Å²) < 4.78 is 27.7. The van der Waals surface area contributed by atoms with Gasteiger partial charge in [-0.2, -0.15) is 4.31 Å². The second kappa shape index (κ2) is 8.61. The molecule has 1 aliphatic heterocycles. The minimum Gasteiger partial charge on any atom is -0.342 e. The van der Waals surface area contributed by atoms with Crippen LogP contribution in [0.1, 0.15) is 18.4 Å². The van der Waals surface area contributed by atoms with Gasteiger partial charge in [0.05, 0.1) is 11.6 Å². The first-order valence-electron chi connectivity index (χ1n) is 8.65. The summed E-state index contributed by atoms with van der Waals surface area (Å²) in [6.45, 7) is 1.16. The molecular formula is C19H20Cl2N2O3S. The van der Waals surface area contributed by atoms with E-state index in [4.69, 9.17) is 23.2 Å². The molecule has 0 aromatic heterocycles. The molecule has 2 aromatic carbocycles. The Kier molecular flexibility index (Phi) is 6.42. The molecule has 0 saturated carbocycles. The Balaban J connectivity index is 1.94. The molecule has 1 fully saturated rings. The molecule has 0 atom stereocenters. The quantitative estimate of drug-likeness (QED) is 0.705. The largest absolute Gasteiger partial charge is 0.342 e. The lowest BCUT2D eigenvalue weighted by Crippen LogP contribution is -2.41. The maximum Gasteiger partial charge on any atom is 0.245 e. The topological polar surface area (TPSA) is 57.7 Å². The Morgan fingerprint density at radius 2 is 1.70 bits per heavy atom. The zero-order valence-corrected chi connectivity index (χ0v) is 17.0. The predicted octanol–water partition coefficient (Wildman–Crippen LogP) is 3.81. The van der Waals surface area contributed by atoms with E-state index in [1.54, 1.807) is 4.90 Å². The normalized spacial score (nSPS) is 14.7. The van der Waals surface area contributed by atoms with Crippen molar-refractivity contribution >= 4 is 39.1 Å². The van der Waals surface area contributed by atoms with Crippen LogP contribution in [0, 0.1) is 0 Å². The Labute approximate surface area is 169 Å². The van der Waals surface area contributed by atoms with E-state index in [1.165, 1.54) is 22.5 Å². The first kappa shape index (κ1) is 20.1. The van der Waals surface area contributed by atoms with Crippen molar-refractivity contribution in [1.29, 1.82) is 0 Å². The molecule has 1 saturated heterocycles. The van der Waals surface area contributed by atoms with Crippen LogP contribution in [-0.4, -0.2) is 43.2 Å². The zero-order chi connectivity index (χ0) is 19.4. The van der Waals surface area contributed by atoms with Gasteiger partial charge in [-0.25, -0.2) is 8.42 Å². The number of rotatable bonds is 6. The third-order valence-electron chi connectivity index (χ3n) is 4.48. The standard InChI is InChI=1S/C19H20Cl2N2O3S/c20-16-8-9-17(21)18(12-16)27(25,26)23(13-15-6-2-1-3-7-15)14-19(24)22-10-4-5-11-22/h1-3,6-9,12H,4-5,10-11,13-14H2. The lowest BCUT2D eigenvalue weighted by atomic mass is 10.2. The first-order chi connectivity index (χ1) is 12.9. The van der Waals surface area contributed by atoms with E-state index < -0.39 is 10.0 Å². The van der Waals surface area contributed by atoms with Crippen molar-refractivity contribution in [2.24, 2.45) is 0 Å². The molecule has 0 radical (unpaired) electrons. The average Bonchev–Trinajstić information content (AvgIpc) is 3.19. The lowest BCUT2D eigenvalue weighted by Gasteiger charge is -2.25. The van der Waals surface area contributed by atoms with Gasteiger partial charge in [-0.3, -0.25) is 4.79 Å². The molecule has 0 spiro atoms. The van der Waals surface area contributed by atoms with Gasteiger partial charge >= 0.3 is 0 Å². The van der Waals surface area contributed by atoms with Crippen LogP contribution >= 0.6 is 23.2 Å². The van der Waals surface area contributed by atoms with Gasteiger partial charge in [0.2, 0.25) is 15.9 Å². The molecular weight excluding hydrogens is 407 g/mol. The molecule has 5 nitrogen and oxygen atoms in total. The van der Waals surface area contributed by atoms with Crippen LogP contribution in [0.4, 0.5) is 0 Å². The number of hydrogen-bond donors (Lipinski definition) is 0. The van der Waals surface area contributed by atoms with Gasteiger partial charge in [-0.1, -0.05) is 53.5 Å². The summed E-state index contributed by atoms with van der Waals surface area (Å²) in [5, 5.41) is 0.342. The molecule has 2 aromatic rings. The molecule has 1 amide bonds. The fourth-order valence-electron chi connectivity index (χ4n) is 3.04. The highest BCUT2D eigenvalue weighted by Gasteiger charge is 2.31. The van der Waals surface area contributed by atoms with Gasteiger partial charge in [-0.05, 0) is 36.6 Å². The number of carbonyl (C=O) groups is 1. The van der Waals surface area contributed by atoms with Crippen molar-refractivity contribution in [2.45, 2.75) is 24.3 Å². The summed E-state index contributed by atoms with van der Waals surface area (Å²) in [6.07, 6.45) is 1.88. The van der Waals surface area contributed by atoms with Crippen LogP contribution in [0.15, 0.2) is 53.4 Å². The second-order valence-corrected chi connectivity index (χ2v) is 9.17. The fourth-order valence-corrected chi connectivity index (χ4v) is 5.16. The van der Waals surface area contributed by atoms with Gasteiger partial charge in [-0.15, -0.1) is 0 Å². The van der Waals surface area contributed by atoms with E-state index in [2.05, 4.69) is 0 Å². The maximum atomic E-state index is 13.3. The molecule has 0 N–H and O–H groups in total. The minimum absolute atomic E-state index is 0.0750. The van der Waals surface area contributed by atoms with Crippen molar-refractivity contribution in [3.63, 3.8) is 0 Å². The SMILES string of the molecule is O=C(CN(Cc1ccccc1)S(=O)(=O)c1cc(Cl)ccc1Cl)N1CCCC1. The lowest BCUT2D eigenvalue weighted by molar-refractivity contribution is -0.130. The summed E-state index contributed by atoms with van der Waals surface area (Å²) in [5.41, 5.74) is 0.786. The van der Waals surface area contributed by atoms with Crippen LogP contribution in [0.2, 0.25) is 10.0 Å². The molecule has 0 aliphatic carbocycles. The highest BCUT2D eigenvalue weighted by Crippen LogP contribution is 2.28. The minimum atomic E-state index is -4.01. The second-order valence-electron chi connectivity index (χ2n) is 6.42. The molecule has 0 unspecified atom stereocenters. The van der Waals surface area contributed by atoms with Crippen LogP contribution < -0.4 is 0 Å². The summed E-state index contributed by atoms with van der Waals surface area (Å²) >= 11 is 12.1. The van der Waals surface area contributed by atoms with Gasteiger partial charge < -0.3 is 4.90 Å². The highest BCUT2D eigenvalue weighted by molar-refractivity contribution is 7.89. The van der Waals surface area contributed by atoms with Gasteiger partial charge in [0.15, 0.2) is 0 Å². The number of sulfonamides is 1. The number of hydrogen-bond acceptors (Lipinski definition) is 3. The summed E-state index contributed by atoms with van der Waals surface area (Å²) in [4.78, 5) is 14.2. The van der Waals surface area contributed by atoms with E-state index in [-0.39, 0.29) is 33.9 Å². The number of benzene rings is 2. The predicted molar refractivity (Wildman–Crippen MR) is 106 cm³/mol. The van der Waals surface area contributed by atoms with Gasteiger partial charge in [0.25, 0.3) is 0 Å². The molecule has 144 valence electrons. The smallest absolute Gasteiger partial charge is 0.245 e. The molecule has 0 bridgehead atoms. The molecule has 27 heavy (non-hydrogen) atoms. The number of carbonyl (C=O) groups excluding carboxylic acids is 1. The fraction of sp³-hybridized carbons (Fsp3) is 0.316. The monoisotopic (exact) mass is 426 g/mol. The van der Waals surface area contributed by atoms with Crippen molar-refractivity contribution in [3.8, 4) is 0 Å².